The number of hydrogen-bond donors (Lipinski definition) is 2. The number of nitrogens with two attached hydrogens (primary N) is 1. The molecule has 1 heterocycles. The van der Waals surface area contributed by atoms with E-state index in [1.54, 1.807) is 0 Å². The molecule has 0 radical (unpaired) electrons. The van der Waals surface area contributed by atoms with E-state index in [1.807, 2.05) is 6.92 Å². The molecule has 3 nitrogen and oxygen atoms in total. The molecule has 1 atom stereocenters. The molecule has 1 aliphatic heterocycles. The first-order chi connectivity index (χ1) is 6.72. The summed E-state index contributed by atoms with van der Waals surface area (Å²) >= 11 is 0. The monoisotopic (exact) mass is 195 g/mol. The summed E-state index contributed by atoms with van der Waals surface area (Å²) in [7, 11) is 2.15. The van der Waals surface area contributed by atoms with Crippen molar-refractivity contribution in [2.45, 2.75) is 25.3 Å². The molecular formula is C11H21N3. The van der Waals surface area contributed by atoms with E-state index in [9.17, 15) is 0 Å². The van der Waals surface area contributed by atoms with E-state index < -0.39 is 0 Å². The van der Waals surface area contributed by atoms with Gasteiger partial charge in [-0.15, -0.1) is 5.92 Å². The molecule has 0 aromatic carbocycles. The minimum atomic E-state index is 0.0941. The van der Waals surface area contributed by atoms with Gasteiger partial charge in [0.2, 0.25) is 0 Å². The summed E-state index contributed by atoms with van der Waals surface area (Å²) in [4.78, 5) is 2.34. The fourth-order valence-corrected chi connectivity index (χ4v) is 2.07. The first-order valence-corrected chi connectivity index (χ1v) is 5.26. The van der Waals surface area contributed by atoms with Crippen LogP contribution >= 0.6 is 0 Å². The lowest BCUT2D eigenvalue weighted by molar-refractivity contribution is 0.154. The van der Waals surface area contributed by atoms with Gasteiger partial charge in [0.05, 0.1) is 6.54 Å². The largest absolute Gasteiger partial charge is 0.329 e. The molecule has 0 bridgehead atoms. The van der Waals surface area contributed by atoms with Crippen LogP contribution in [0.25, 0.3) is 0 Å². The van der Waals surface area contributed by atoms with E-state index >= 15 is 0 Å². The molecule has 80 valence electrons. The Morgan fingerprint density at radius 2 is 2.36 bits per heavy atom. The zero-order valence-corrected chi connectivity index (χ0v) is 9.27. The van der Waals surface area contributed by atoms with Crippen LogP contribution in [-0.4, -0.2) is 43.7 Å². The van der Waals surface area contributed by atoms with Gasteiger partial charge < -0.3 is 10.6 Å². The number of piperidine rings is 1. The normalized spacial score (nSPS) is 28.2. The third kappa shape index (κ3) is 2.98. The van der Waals surface area contributed by atoms with Crippen molar-refractivity contribution in [2.24, 2.45) is 5.73 Å². The van der Waals surface area contributed by atoms with Crippen LogP contribution in [0, 0.1) is 11.8 Å². The third-order valence-corrected chi connectivity index (χ3v) is 2.89. The van der Waals surface area contributed by atoms with Crippen molar-refractivity contribution in [2.75, 3.05) is 33.2 Å². The van der Waals surface area contributed by atoms with Crippen LogP contribution in [0.5, 0.6) is 0 Å². The Labute approximate surface area is 87.0 Å². The van der Waals surface area contributed by atoms with E-state index in [2.05, 4.69) is 29.1 Å². The van der Waals surface area contributed by atoms with Gasteiger partial charge in [-0.05, 0) is 33.4 Å². The Balaban J connectivity index is 2.49. The fourth-order valence-electron chi connectivity index (χ4n) is 2.07. The molecule has 1 rings (SSSR count). The lowest BCUT2D eigenvalue weighted by atomic mass is 9.89. The summed E-state index contributed by atoms with van der Waals surface area (Å²) in [6.45, 7) is 5.53. The van der Waals surface area contributed by atoms with Gasteiger partial charge in [-0.1, -0.05) is 5.92 Å². The SMILES string of the molecule is CC#CCNC1(CN)CCCN(C)C1. The molecular weight excluding hydrogens is 174 g/mol. The quantitative estimate of drug-likeness (QED) is 0.624. The summed E-state index contributed by atoms with van der Waals surface area (Å²) in [5, 5.41) is 3.48. The molecule has 3 heteroatoms. The van der Waals surface area contributed by atoms with Gasteiger partial charge in [-0.25, -0.2) is 0 Å². The zero-order valence-electron chi connectivity index (χ0n) is 9.27. The fraction of sp³-hybridized carbons (Fsp3) is 0.818. The highest BCUT2D eigenvalue weighted by atomic mass is 15.2. The molecule has 0 aliphatic carbocycles. The van der Waals surface area contributed by atoms with Gasteiger partial charge in [-0.3, -0.25) is 5.32 Å². The van der Waals surface area contributed by atoms with E-state index in [-0.39, 0.29) is 5.54 Å². The van der Waals surface area contributed by atoms with Gasteiger partial charge >= 0.3 is 0 Å². The van der Waals surface area contributed by atoms with Crippen molar-refractivity contribution in [3.8, 4) is 11.8 Å². The van der Waals surface area contributed by atoms with E-state index in [0.29, 0.717) is 6.54 Å². The molecule has 3 N–H and O–H groups in total. The maximum Gasteiger partial charge on any atom is 0.0581 e. The van der Waals surface area contributed by atoms with Gasteiger partial charge in [0.25, 0.3) is 0 Å². The third-order valence-electron chi connectivity index (χ3n) is 2.89. The first-order valence-electron chi connectivity index (χ1n) is 5.26. The number of nitrogens with one attached hydrogen (secondary N) is 1. The van der Waals surface area contributed by atoms with Crippen molar-refractivity contribution >= 4 is 0 Å². The van der Waals surface area contributed by atoms with E-state index in [1.165, 1.54) is 19.4 Å². The van der Waals surface area contributed by atoms with Gasteiger partial charge in [-0.2, -0.15) is 0 Å². The summed E-state index contributed by atoms with van der Waals surface area (Å²) < 4.78 is 0. The van der Waals surface area contributed by atoms with Crippen LogP contribution < -0.4 is 11.1 Å². The number of likely N-dealkylation sites (tertiary alicyclic amines) is 1. The molecule has 1 aliphatic rings. The molecule has 0 saturated carbocycles. The molecule has 0 aromatic heterocycles. The molecule has 1 saturated heterocycles. The summed E-state index contributed by atoms with van der Waals surface area (Å²) in [6, 6.07) is 0. The van der Waals surface area contributed by atoms with Crippen LogP contribution in [0.1, 0.15) is 19.8 Å². The first kappa shape index (κ1) is 11.5. The summed E-state index contributed by atoms with van der Waals surface area (Å²) in [6.07, 6.45) is 2.39. The average molecular weight is 195 g/mol. The van der Waals surface area contributed by atoms with Crippen molar-refractivity contribution in [1.29, 1.82) is 0 Å². The maximum absolute atomic E-state index is 5.85. The molecule has 0 amide bonds. The highest BCUT2D eigenvalue weighted by Crippen LogP contribution is 2.18. The average Bonchev–Trinajstić information content (AvgIpc) is 2.18. The Morgan fingerprint density at radius 1 is 1.57 bits per heavy atom. The molecule has 1 fully saturated rings. The van der Waals surface area contributed by atoms with Crippen molar-refractivity contribution in [1.82, 2.24) is 10.2 Å². The van der Waals surface area contributed by atoms with Crippen molar-refractivity contribution in [3.05, 3.63) is 0 Å². The Bertz CT molecular complexity index is 228. The van der Waals surface area contributed by atoms with Gasteiger partial charge in [0.15, 0.2) is 0 Å². The summed E-state index contributed by atoms with van der Waals surface area (Å²) in [5.74, 6) is 5.93. The second-order valence-corrected chi connectivity index (χ2v) is 4.11. The Hall–Kier alpha value is -0.560. The van der Waals surface area contributed by atoms with Crippen LogP contribution in [0.3, 0.4) is 0 Å². The standard InChI is InChI=1S/C11H21N3/c1-3-4-7-13-11(9-12)6-5-8-14(2)10-11/h13H,5-10,12H2,1-2H3. The van der Waals surface area contributed by atoms with Crippen LogP contribution in [-0.2, 0) is 0 Å². The number of rotatable bonds is 3. The van der Waals surface area contributed by atoms with Gasteiger partial charge in [0, 0.05) is 18.6 Å². The highest BCUT2D eigenvalue weighted by Gasteiger charge is 2.31. The minimum Gasteiger partial charge on any atom is -0.329 e. The predicted octanol–water partition coefficient (Wildman–Crippen LogP) is 0.0224. The number of nitrogens with zero attached hydrogens (tertiary/aromatic N) is 1. The molecule has 1 unspecified atom stereocenters. The Kier molecular flexibility index (Phi) is 4.40. The highest BCUT2D eigenvalue weighted by molar-refractivity contribution is 5.02. The molecule has 14 heavy (non-hydrogen) atoms. The second kappa shape index (κ2) is 5.35. The molecule has 0 spiro atoms. The summed E-state index contributed by atoms with van der Waals surface area (Å²) in [5.41, 5.74) is 5.94. The van der Waals surface area contributed by atoms with Crippen LogP contribution in [0.2, 0.25) is 0 Å². The maximum atomic E-state index is 5.85. The zero-order chi connectivity index (χ0) is 10.4. The van der Waals surface area contributed by atoms with E-state index in [4.69, 9.17) is 5.73 Å². The number of likely N-dealkylation sites (N-methyl/N-ethyl adjacent to an activating group) is 1. The minimum absolute atomic E-state index is 0.0941. The van der Waals surface area contributed by atoms with Crippen molar-refractivity contribution < 1.29 is 0 Å². The van der Waals surface area contributed by atoms with Gasteiger partial charge in [0.1, 0.15) is 0 Å². The smallest absolute Gasteiger partial charge is 0.0581 e. The van der Waals surface area contributed by atoms with E-state index in [0.717, 1.165) is 13.1 Å². The van der Waals surface area contributed by atoms with Crippen molar-refractivity contribution in [3.63, 3.8) is 0 Å². The topological polar surface area (TPSA) is 41.3 Å². The second-order valence-electron chi connectivity index (χ2n) is 4.11. The van der Waals surface area contributed by atoms with Crippen LogP contribution in [0.4, 0.5) is 0 Å². The Morgan fingerprint density at radius 3 is 2.93 bits per heavy atom. The van der Waals surface area contributed by atoms with Crippen LogP contribution in [0.15, 0.2) is 0 Å². The molecule has 0 aromatic rings. The lowest BCUT2D eigenvalue weighted by Gasteiger charge is -2.41. The predicted molar refractivity (Wildman–Crippen MR) is 60.0 cm³/mol. The lowest BCUT2D eigenvalue weighted by Crippen LogP contribution is -2.60. The number of hydrogen-bond acceptors (Lipinski definition) is 3.